The molecule has 10 N–H and O–H groups in total. The molecule has 0 aromatic carbocycles. The number of fused-ring (bicyclic) bond motifs is 2. The number of likely N-dealkylation sites (tertiary alicyclic amines) is 2. The quantitative estimate of drug-likeness (QED) is 0.0211. The molecule has 6 amide bonds. The number of amides is 6. The lowest BCUT2D eigenvalue weighted by Crippen LogP contribution is -2.68. The van der Waals surface area contributed by atoms with Gasteiger partial charge >= 0.3 is 0 Å². The van der Waals surface area contributed by atoms with E-state index in [1.165, 1.54) is 23.6 Å². The number of Topliss-reactive ketones (excluding diaryl/α,β-unsaturated/α-hetero) is 1. The number of thioether (sulfide) groups is 1. The molecule has 6 heterocycles. The van der Waals surface area contributed by atoms with Gasteiger partial charge in [-0.15, -0.1) is 11.8 Å². The van der Waals surface area contributed by atoms with Crippen molar-refractivity contribution in [2.45, 2.75) is 92.0 Å². The van der Waals surface area contributed by atoms with Crippen molar-refractivity contribution >= 4 is 53.0 Å². The Morgan fingerprint density at radius 3 is 1.52 bits per heavy atom. The van der Waals surface area contributed by atoms with E-state index in [0.29, 0.717) is 72.4 Å². The first-order chi connectivity index (χ1) is 36.2. The molecule has 8 unspecified atom stereocenters. The fourth-order valence-corrected chi connectivity index (χ4v) is 9.86. The van der Waals surface area contributed by atoms with Crippen molar-refractivity contribution in [3.05, 3.63) is 0 Å². The van der Waals surface area contributed by atoms with Gasteiger partial charge in [-0.25, -0.2) is 0 Å². The third kappa shape index (κ3) is 19.3. The van der Waals surface area contributed by atoms with Crippen LogP contribution in [0.3, 0.4) is 0 Å². The summed E-state index contributed by atoms with van der Waals surface area (Å²) >= 11 is 1.20. The predicted octanol–water partition coefficient (Wildman–Crippen LogP) is -8.08. The predicted molar refractivity (Wildman–Crippen MR) is 256 cm³/mol. The van der Waals surface area contributed by atoms with Crippen LogP contribution in [0.1, 0.15) is 13.3 Å². The number of ketones is 1. The number of aliphatic hydroxyl groups is 4. The second-order valence-corrected chi connectivity index (χ2v) is 19.7. The lowest BCUT2D eigenvalue weighted by atomic mass is 9.96. The fraction of sp³-hybridized carbons (Fsp3) is 0.844. The van der Waals surface area contributed by atoms with E-state index in [9.17, 15) is 54.0 Å². The van der Waals surface area contributed by atoms with Crippen LogP contribution in [0.15, 0.2) is 0 Å². The van der Waals surface area contributed by atoms with Crippen LogP contribution in [0, 0.1) is 0 Å². The minimum absolute atomic E-state index is 0.00689. The van der Waals surface area contributed by atoms with Crippen molar-refractivity contribution in [2.24, 2.45) is 0 Å². The van der Waals surface area contributed by atoms with Gasteiger partial charge in [-0.3, -0.25) is 43.4 Å². The molecule has 0 aromatic rings. The zero-order chi connectivity index (χ0) is 53.7. The summed E-state index contributed by atoms with van der Waals surface area (Å²) in [7, 11) is 0. The third-order valence-corrected chi connectivity index (χ3v) is 14.1. The van der Waals surface area contributed by atoms with E-state index in [1.807, 2.05) is 0 Å². The van der Waals surface area contributed by atoms with Crippen molar-refractivity contribution in [3.63, 3.8) is 0 Å². The van der Waals surface area contributed by atoms with E-state index in [0.717, 1.165) is 0 Å². The molecular formula is C45H74N8O21S. The highest BCUT2D eigenvalue weighted by atomic mass is 32.2. The largest absolute Gasteiger partial charge is 0.388 e. The first-order valence-electron chi connectivity index (χ1n) is 25.2. The average Bonchev–Trinajstić information content (AvgIpc) is 3.91. The maximum Gasteiger partial charge on any atom is 0.246 e. The van der Waals surface area contributed by atoms with Crippen LogP contribution in [0.5, 0.6) is 0 Å². The second-order valence-electron chi connectivity index (χ2n) is 18.5. The first kappa shape index (κ1) is 60.6. The number of aliphatic hydroxyl groups excluding tert-OH is 4. The van der Waals surface area contributed by atoms with Crippen molar-refractivity contribution in [1.29, 1.82) is 0 Å². The summed E-state index contributed by atoms with van der Waals surface area (Å²) in [6, 6.07) is -1.82. The van der Waals surface area contributed by atoms with Crippen LogP contribution in [0.2, 0.25) is 0 Å². The van der Waals surface area contributed by atoms with E-state index in [4.69, 9.17) is 47.4 Å². The van der Waals surface area contributed by atoms with Crippen LogP contribution < -0.4 is 31.9 Å². The maximum atomic E-state index is 13.0. The molecule has 6 saturated heterocycles. The van der Waals surface area contributed by atoms with E-state index < -0.39 is 90.2 Å². The van der Waals surface area contributed by atoms with Crippen molar-refractivity contribution in [2.75, 3.05) is 151 Å². The molecule has 30 heteroatoms. The summed E-state index contributed by atoms with van der Waals surface area (Å²) in [6.45, 7) is 6.02. The standard InChI is InChI=1S/C45H74N8O21S/c1-26(54)25-75-31-16-36(59)53(43(31)64)5-4-52-19-27(46-2-6-65-8-10-67-12-14-69-21-32(55)48-17-29-39(60)41(62)37-44(73-29)71-23-34(57)50-37)28(20-52)47-3-7-66-9-11-68-13-15-70-22-33(56)49-18-30-40(61)42(63)38-45(74-30)72-24-35(58)51-38/h27-31,37-42,44-47,60-63H,2-25H2,1H3,(H,48,55)(H,49,56)(H,50,57)(H,51,58)/t27?,28?,29?,30?,31?,37-,38-,39+,40+,41-,42?,44?,45?/m1/s1. The number of hydrogen-bond acceptors (Lipinski definition) is 25. The molecule has 6 aliphatic rings. The number of rotatable bonds is 34. The molecule has 6 aliphatic heterocycles. The van der Waals surface area contributed by atoms with Crippen molar-refractivity contribution in [3.8, 4) is 0 Å². The Labute approximate surface area is 437 Å². The molecule has 6 fully saturated rings. The lowest BCUT2D eigenvalue weighted by Gasteiger charge is -2.44. The Kier molecular flexibility index (Phi) is 25.6. The van der Waals surface area contributed by atoms with Crippen molar-refractivity contribution < 1.29 is 101 Å². The summed E-state index contributed by atoms with van der Waals surface area (Å²) in [5.41, 5.74) is 0. The summed E-state index contributed by atoms with van der Waals surface area (Å²) in [4.78, 5) is 88.3. The zero-order valence-corrected chi connectivity index (χ0v) is 42.8. The minimum Gasteiger partial charge on any atom is -0.388 e. The molecule has 75 heavy (non-hydrogen) atoms. The summed E-state index contributed by atoms with van der Waals surface area (Å²) in [5.74, 6) is -2.17. The van der Waals surface area contributed by atoms with E-state index in [2.05, 4.69) is 36.8 Å². The summed E-state index contributed by atoms with van der Waals surface area (Å²) in [5, 5.41) is 58.2. The van der Waals surface area contributed by atoms with Gasteiger partial charge in [-0.2, -0.15) is 0 Å². The fourth-order valence-electron chi connectivity index (χ4n) is 8.89. The molecule has 0 aliphatic carbocycles. The summed E-state index contributed by atoms with van der Waals surface area (Å²) < 4.78 is 55.2. The van der Waals surface area contributed by atoms with Gasteiger partial charge in [0.2, 0.25) is 35.4 Å². The van der Waals surface area contributed by atoms with Gasteiger partial charge in [0, 0.05) is 70.9 Å². The minimum atomic E-state index is -1.36. The average molecular weight is 1100 g/mol. The molecular weight excluding hydrogens is 1020 g/mol. The molecule has 0 aromatic heterocycles. The van der Waals surface area contributed by atoms with E-state index >= 15 is 0 Å². The van der Waals surface area contributed by atoms with Crippen LogP contribution in [0.25, 0.3) is 0 Å². The second kappa shape index (κ2) is 31.7. The van der Waals surface area contributed by atoms with Crippen LogP contribution in [0.4, 0.5) is 0 Å². The topological polar surface area (TPSA) is 371 Å². The number of carbonyl (C=O) groups excluding carboxylic acids is 7. The van der Waals surface area contributed by atoms with Crippen molar-refractivity contribution in [1.82, 2.24) is 41.7 Å². The number of nitrogens with zero attached hydrogens (tertiary/aromatic N) is 2. The number of carbonyl (C=O) groups is 7. The smallest absolute Gasteiger partial charge is 0.246 e. The normalized spacial score (nSPS) is 30.9. The van der Waals surface area contributed by atoms with Gasteiger partial charge in [0.05, 0.1) is 77.1 Å². The van der Waals surface area contributed by atoms with Crippen LogP contribution in [-0.4, -0.2) is 301 Å². The highest BCUT2D eigenvalue weighted by molar-refractivity contribution is 8.01. The molecule has 0 radical (unpaired) electrons. The molecule has 6 rings (SSSR count). The molecule has 29 nitrogen and oxygen atoms in total. The SMILES string of the molecule is CC(=O)CSC1CC(=O)N(CCN2CC(NCCOCCOCCOCC(=O)NCC3OC4OCC(=O)N[C@@H]4C(O)[C@H]3O)C(NCCOCCOCCOCC(=O)NCC3OC4OCC(=O)N[C@@H]4[C@@H](O)[C@H]3O)C2)C1=O. The Hall–Kier alpha value is -3.64. The Morgan fingerprint density at radius 1 is 0.627 bits per heavy atom. The Balaban J connectivity index is 0.789. The Morgan fingerprint density at radius 2 is 1.07 bits per heavy atom. The van der Waals surface area contributed by atoms with Gasteiger partial charge in [-0.05, 0) is 6.92 Å². The molecule has 0 saturated carbocycles. The number of ether oxygens (including phenoxy) is 10. The monoisotopic (exact) mass is 1090 g/mol. The number of nitrogens with one attached hydrogen (secondary N) is 6. The van der Waals surface area contributed by atoms with Crippen LogP contribution in [-0.2, 0) is 80.9 Å². The summed E-state index contributed by atoms with van der Waals surface area (Å²) in [6.07, 6.45) is -9.13. The van der Waals surface area contributed by atoms with Gasteiger partial charge in [0.25, 0.3) is 0 Å². The maximum absolute atomic E-state index is 13.0. The van der Waals surface area contributed by atoms with E-state index in [1.54, 1.807) is 0 Å². The third-order valence-electron chi connectivity index (χ3n) is 12.8. The lowest BCUT2D eigenvalue weighted by molar-refractivity contribution is -0.271. The van der Waals surface area contributed by atoms with Gasteiger partial charge in [0.15, 0.2) is 12.6 Å². The van der Waals surface area contributed by atoms with E-state index in [-0.39, 0.29) is 114 Å². The molecule has 426 valence electrons. The number of imide groups is 1. The number of hydrogen-bond donors (Lipinski definition) is 10. The highest BCUT2D eigenvalue weighted by Crippen LogP contribution is 2.27. The zero-order valence-electron chi connectivity index (χ0n) is 42.0. The van der Waals surface area contributed by atoms with Gasteiger partial charge in [-0.1, -0.05) is 0 Å². The first-order valence-corrected chi connectivity index (χ1v) is 26.2. The van der Waals surface area contributed by atoms with Crippen LogP contribution >= 0.6 is 11.8 Å². The molecule has 0 bridgehead atoms. The Bertz CT molecular complexity index is 1770. The molecule has 0 spiro atoms. The van der Waals surface area contributed by atoms with Gasteiger partial charge < -0.3 is 99.7 Å². The molecule has 13 atom stereocenters. The van der Waals surface area contributed by atoms with Gasteiger partial charge in [0.1, 0.15) is 80.9 Å². The highest BCUT2D eigenvalue weighted by Gasteiger charge is 2.49. The number of morpholine rings is 2.